The number of likely N-dealkylation sites (tertiary alicyclic amines) is 1. The molecule has 0 aliphatic carbocycles. The van der Waals surface area contributed by atoms with Crippen LogP contribution in [0, 0.1) is 0 Å². The molecule has 1 nitrogen and oxygen atoms in total. The minimum Gasteiger partial charge on any atom is -0.286 e. The van der Waals surface area contributed by atoms with Crippen LogP contribution in [0.1, 0.15) is 20.8 Å². The van der Waals surface area contributed by atoms with E-state index in [1.165, 1.54) is 20.8 Å². The predicted molar refractivity (Wildman–Crippen MR) is 46.2 cm³/mol. The second kappa shape index (κ2) is 3.27. The molecule has 16 heavy (non-hydrogen) atoms. The Kier molecular flexibility index (Phi) is 2.78. The third-order valence-electron chi connectivity index (χ3n) is 2.65. The number of piperidine rings is 1. The first-order chi connectivity index (χ1) is 6.81. The van der Waals surface area contributed by atoms with Gasteiger partial charge in [-0.1, -0.05) is 0 Å². The van der Waals surface area contributed by atoms with Crippen molar-refractivity contribution in [2.45, 2.75) is 44.1 Å². The van der Waals surface area contributed by atoms with Crippen molar-refractivity contribution in [3.8, 4) is 0 Å². The lowest BCUT2D eigenvalue weighted by Crippen LogP contribution is -2.69. The van der Waals surface area contributed by atoms with Crippen LogP contribution in [-0.4, -0.2) is 41.3 Å². The van der Waals surface area contributed by atoms with Crippen molar-refractivity contribution in [2.75, 3.05) is 13.1 Å². The second-order valence-corrected chi connectivity index (χ2v) is 5.01. The molecule has 1 aliphatic heterocycles. The molecule has 1 rings (SSSR count). The van der Waals surface area contributed by atoms with Crippen molar-refractivity contribution in [1.82, 2.24) is 4.90 Å². The number of hydrogen-bond donors (Lipinski definition) is 0. The Morgan fingerprint density at radius 1 is 0.812 bits per heavy atom. The molecule has 0 amide bonds. The van der Waals surface area contributed by atoms with Gasteiger partial charge < -0.3 is 0 Å². The number of nitrogens with zero attached hydrogens (tertiary/aromatic N) is 1. The summed E-state index contributed by atoms with van der Waals surface area (Å²) in [5.74, 6) is -14.7. The van der Waals surface area contributed by atoms with E-state index in [2.05, 4.69) is 0 Å². The first-order valence-electron chi connectivity index (χ1n) is 4.70. The average molecular weight is 249 g/mol. The van der Waals surface area contributed by atoms with Crippen LogP contribution in [-0.2, 0) is 0 Å². The van der Waals surface area contributed by atoms with Gasteiger partial charge in [0.25, 0.3) is 0 Å². The Bertz CT molecular complexity index is 260. The molecule has 0 atom stereocenters. The number of alkyl halides is 6. The zero-order valence-corrected chi connectivity index (χ0v) is 9.13. The number of hydrogen-bond acceptors (Lipinski definition) is 1. The summed E-state index contributed by atoms with van der Waals surface area (Å²) >= 11 is 0. The van der Waals surface area contributed by atoms with Gasteiger partial charge in [-0.05, 0) is 20.8 Å². The number of halogens is 6. The van der Waals surface area contributed by atoms with Crippen molar-refractivity contribution in [3.05, 3.63) is 0 Å². The Balaban J connectivity index is 3.09. The molecule has 1 saturated heterocycles. The molecule has 0 unspecified atom stereocenters. The Morgan fingerprint density at radius 3 is 1.38 bits per heavy atom. The summed E-state index contributed by atoms with van der Waals surface area (Å²) in [6.07, 6.45) is 0. The van der Waals surface area contributed by atoms with Crippen LogP contribution in [0.25, 0.3) is 0 Å². The summed E-state index contributed by atoms with van der Waals surface area (Å²) in [6, 6.07) is 0. The lowest BCUT2D eigenvalue weighted by Gasteiger charge is -2.47. The normalized spacial score (nSPS) is 29.1. The SMILES string of the molecule is CC(C)(C)N1CC(F)(F)C(F)(F)C(F)(F)C1. The van der Waals surface area contributed by atoms with Gasteiger partial charge >= 0.3 is 17.8 Å². The highest BCUT2D eigenvalue weighted by Gasteiger charge is 2.75. The largest absolute Gasteiger partial charge is 0.374 e. The molecule has 1 fully saturated rings. The molecule has 0 saturated carbocycles. The van der Waals surface area contributed by atoms with E-state index in [1.54, 1.807) is 0 Å². The van der Waals surface area contributed by atoms with Gasteiger partial charge in [0.15, 0.2) is 0 Å². The van der Waals surface area contributed by atoms with Crippen LogP contribution in [0.5, 0.6) is 0 Å². The van der Waals surface area contributed by atoms with Crippen LogP contribution in [0.4, 0.5) is 26.3 Å². The topological polar surface area (TPSA) is 3.24 Å². The fourth-order valence-electron chi connectivity index (χ4n) is 1.48. The fraction of sp³-hybridized carbons (Fsp3) is 1.00. The van der Waals surface area contributed by atoms with Crippen molar-refractivity contribution in [1.29, 1.82) is 0 Å². The summed E-state index contributed by atoms with van der Waals surface area (Å²) in [7, 11) is 0. The van der Waals surface area contributed by atoms with Gasteiger partial charge in [-0.3, -0.25) is 4.90 Å². The minimum absolute atomic E-state index is 0.671. The highest BCUT2D eigenvalue weighted by molar-refractivity contribution is 5.05. The summed E-state index contributed by atoms with van der Waals surface area (Å²) in [6.45, 7) is 1.53. The van der Waals surface area contributed by atoms with Crippen molar-refractivity contribution in [3.63, 3.8) is 0 Å². The standard InChI is InChI=1S/C9H13F6N/c1-6(2,3)16-4-7(10,11)9(14,15)8(12,13)5-16/h4-5H2,1-3H3. The van der Waals surface area contributed by atoms with E-state index in [1.807, 2.05) is 0 Å². The van der Waals surface area contributed by atoms with Gasteiger partial charge in [0, 0.05) is 5.54 Å². The quantitative estimate of drug-likeness (QED) is 0.596. The maximum absolute atomic E-state index is 13.0. The van der Waals surface area contributed by atoms with Crippen molar-refractivity contribution < 1.29 is 26.3 Å². The highest BCUT2D eigenvalue weighted by atomic mass is 19.3. The average Bonchev–Trinajstić information content (AvgIpc) is 1.97. The summed E-state index contributed by atoms with van der Waals surface area (Å²) in [4.78, 5) is 0.671. The van der Waals surface area contributed by atoms with Crippen molar-refractivity contribution >= 4 is 0 Å². The molecule has 0 bridgehead atoms. The van der Waals surface area contributed by atoms with Gasteiger partial charge in [0.2, 0.25) is 0 Å². The van der Waals surface area contributed by atoms with E-state index in [0.29, 0.717) is 4.90 Å². The van der Waals surface area contributed by atoms with Crippen LogP contribution >= 0.6 is 0 Å². The predicted octanol–water partition coefficient (Wildman–Crippen LogP) is 3.01. The zero-order chi connectivity index (χ0) is 13.0. The first kappa shape index (κ1) is 13.6. The molecule has 0 radical (unpaired) electrons. The van der Waals surface area contributed by atoms with E-state index < -0.39 is 36.4 Å². The van der Waals surface area contributed by atoms with E-state index >= 15 is 0 Å². The third-order valence-corrected chi connectivity index (χ3v) is 2.65. The molecule has 7 heteroatoms. The summed E-state index contributed by atoms with van der Waals surface area (Å²) < 4.78 is 77.5. The van der Waals surface area contributed by atoms with Gasteiger partial charge in [-0.15, -0.1) is 0 Å². The molecule has 0 spiro atoms. The lowest BCUT2D eigenvalue weighted by atomic mass is 9.93. The Hall–Kier alpha value is -0.460. The van der Waals surface area contributed by atoms with Crippen LogP contribution in [0.15, 0.2) is 0 Å². The third kappa shape index (κ3) is 1.89. The van der Waals surface area contributed by atoms with Crippen LogP contribution < -0.4 is 0 Å². The van der Waals surface area contributed by atoms with Crippen molar-refractivity contribution in [2.24, 2.45) is 0 Å². The van der Waals surface area contributed by atoms with E-state index in [-0.39, 0.29) is 0 Å². The highest BCUT2D eigenvalue weighted by Crippen LogP contribution is 2.50. The molecular weight excluding hydrogens is 236 g/mol. The van der Waals surface area contributed by atoms with Gasteiger partial charge in [-0.2, -0.15) is 26.3 Å². The monoisotopic (exact) mass is 249 g/mol. The van der Waals surface area contributed by atoms with E-state index in [0.717, 1.165) is 0 Å². The molecule has 1 aliphatic rings. The second-order valence-electron chi connectivity index (χ2n) is 5.01. The first-order valence-corrected chi connectivity index (χ1v) is 4.70. The van der Waals surface area contributed by atoms with Gasteiger partial charge in [0.1, 0.15) is 0 Å². The van der Waals surface area contributed by atoms with Crippen LogP contribution in [0.3, 0.4) is 0 Å². The van der Waals surface area contributed by atoms with Crippen LogP contribution in [0.2, 0.25) is 0 Å². The molecule has 96 valence electrons. The lowest BCUT2D eigenvalue weighted by molar-refractivity contribution is -0.343. The molecule has 0 aromatic heterocycles. The summed E-state index contributed by atoms with van der Waals surface area (Å²) in [5, 5.41) is 0. The maximum atomic E-state index is 13.0. The van der Waals surface area contributed by atoms with Gasteiger partial charge in [-0.25, -0.2) is 0 Å². The Morgan fingerprint density at radius 2 is 1.12 bits per heavy atom. The number of rotatable bonds is 0. The molecular formula is C9H13F6N. The Labute approximate surface area is 89.4 Å². The minimum atomic E-state index is -5.29. The summed E-state index contributed by atoms with van der Waals surface area (Å²) in [5.41, 5.74) is -1.01. The zero-order valence-electron chi connectivity index (χ0n) is 9.13. The fourth-order valence-corrected chi connectivity index (χ4v) is 1.48. The smallest absolute Gasteiger partial charge is 0.286 e. The molecule has 0 aromatic rings. The molecule has 0 N–H and O–H groups in total. The van der Waals surface area contributed by atoms with Gasteiger partial charge in [0.05, 0.1) is 13.1 Å². The molecule has 1 heterocycles. The maximum Gasteiger partial charge on any atom is 0.374 e. The molecule has 0 aromatic carbocycles. The van der Waals surface area contributed by atoms with E-state index in [9.17, 15) is 26.3 Å². The van der Waals surface area contributed by atoms with E-state index in [4.69, 9.17) is 0 Å².